The molecule has 3 heterocycles. The van der Waals surface area contributed by atoms with E-state index in [4.69, 9.17) is 21.3 Å². The van der Waals surface area contributed by atoms with Gasteiger partial charge < -0.3 is 15.4 Å². The molecule has 1 amide bonds. The van der Waals surface area contributed by atoms with Crippen molar-refractivity contribution in [2.45, 2.75) is 55.2 Å². The topological polar surface area (TPSA) is 92.3 Å². The van der Waals surface area contributed by atoms with Crippen molar-refractivity contribution in [2.24, 2.45) is 0 Å². The summed E-state index contributed by atoms with van der Waals surface area (Å²) >= 11 is 6.62. The summed E-state index contributed by atoms with van der Waals surface area (Å²) in [7, 11) is 0. The maximum atomic E-state index is 13.4. The van der Waals surface area contributed by atoms with E-state index in [1.807, 2.05) is 12.1 Å². The van der Waals surface area contributed by atoms with Crippen LogP contribution in [0.4, 0.5) is 19.0 Å². The number of carbonyl (C=O) groups is 1. The Morgan fingerprint density at radius 1 is 1.17 bits per heavy atom. The van der Waals surface area contributed by atoms with E-state index in [0.29, 0.717) is 50.8 Å². The van der Waals surface area contributed by atoms with Gasteiger partial charge in [0.05, 0.1) is 25.2 Å². The number of fused-ring (bicyclic) bond motifs is 1. The maximum absolute atomic E-state index is 13.4. The van der Waals surface area contributed by atoms with Gasteiger partial charge >= 0.3 is 6.18 Å². The van der Waals surface area contributed by atoms with Crippen molar-refractivity contribution in [3.05, 3.63) is 47.2 Å². The predicted octanol–water partition coefficient (Wildman–Crippen LogP) is 3.29. The summed E-state index contributed by atoms with van der Waals surface area (Å²) in [6.07, 6.45) is 1.36. The van der Waals surface area contributed by atoms with Crippen LogP contribution in [-0.4, -0.2) is 70.0 Å². The molecular weight excluding hydrogens is 497 g/mol. The first kappa shape index (κ1) is 25.2. The lowest BCUT2D eigenvalue weighted by Gasteiger charge is -2.35. The van der Waals surface area contributed by atoms with Crippen molar-refractivity contribution in [2.75, 3.05) is 38.2 Å². The minimum Gasteiger partial charge on any atom is -0.379 e. The lowest BCUT2D eigenvalue weighted by molar-refractivity contribution is -0.145. The third kappa shape index (κ3) is 5.73. The molecule has 12 heteroatoms. The van der Waals surface area contributed by atoms with Crippen molar-refractivity contribution < 1.29 is 22.7 Å². The number of anilines is 1. The number of pyridine rings is 1. The summed E-state index contributed by atoms with van der Waals surface area (Å²) in [5.74, 6) is -1.17. The van der Waals surface area contributed by atoms with Gasteiger partial charge in [0.15, 0.2) is 0 Å². The normalized spacial score (nSPS) is 23.6. The zero-order valence-corrected chi connectivity index (χ0v) is 20.4. The first-order valence-electron chi connectivity index (χ1n) is 12.2. The van der Waals surface area contributed by atoms with Crippen LogP contribution in [0.25, 0.3) is 0 Å². The van der Waals surface area contributed by atoms with Crippen LogP contribution in [0.5, 0.6) is 0 Å². The van der Waals surface area contributed by atoms with Gasteiger partial charge in [-0.1, -0.05) is 6.07 Å². The second-order valence-electron chi connectivity index (χ2n) is 9.43. The fourth-order valence-corrected chi connectivity index (χ4v) is 5.12. The van der Waals surface area contributed by atoms with Crippen LogP contribution in [0.2, 0.25) is 0 Å². The van der Waals surface area contributed by atoms with Crippen LogP contribution >= 0.6 is 11.6 Å². The number of aromatic nitrogens is 3. The second-order valence-corrected chi connectivity index (χ2v) is 9.99. The van der Waals surface area contributed by atoms with Crippen LogP contribution in [-0.2, 0) is 22.1 Å². The van der Waals surface area contributed by atoms with Gasteiger partial charge in [-0.05, 0) is 37.3 Å². The van der Waals surface area contributed by atoms with Crippen molar-refractivity contribution >= 4 is 23.3 Å². The molecule has 0 radical (unpaired) electrons. The van der Waals surface area contributed by atoms with Crippen LogP contribution in [0.3, 0.4) is 0 Å². The highest BCUT2D eigenvalue weighted by atomic mass is 35.5. The molecule has 2 N–H and O–H groups in total. The number of alkyl halides is 4. The molecule has 0 aromatic carbocycles. The number of aryl methyl sites for hydroxylation is 1. The SMILES string of the molecule is O=C(NCC(c1cnc(C(F)(F)F)nc1)N1CCOCC1)C1c2ccc(NC3CC3)nc2CCC1Cl. The van der Waals surface area contributed by atoms with E-state index >= 15 is 0 Å². The first-order valence-corrected chi connectivity index (χ1v) is 12.6. The molecule has 36 heavy (non-hydrogen) atoms. The Balaban J connectivity index is 1.32. The number of halogens is 4. The highest BCUT2D eigenvalue weighted by molar-refractivity contribution is 6.23. The number of nitrogens with zero attached hydrogens (tertiary/aromatic N) is 4. The van der Waals surface area contributed by atoms with Crippen molar-refractivity contribution in [1.29, 1.82) is 0 Å². The number of carbonyl (C=O) groups excluding carboxylic acids is 1. The molecule has 2 aromatic rings. The maximum Gasteiger partial charge on any atom is 0.451 e. The Labute approximate surface area is 212 Å². The molecule has 1 aliphatic heterocycles. The Kier molecular flexibility index (Phi) is 7.32. The van der Waals surface area contributed by atoms with Gasteiger partial charge in [-0.3, -0.25) is 9.69 Å². The molecule has 0 spiro atoms. The third-order valence-corrected chi connectivity index (χ3v) is 7.31. The first-order chi connectivity index (χ1) is 17.3. The molecule has 2 fully saturated rings. The number of amides is 1. The number of hydrogen-bond donors (Lipinski definition) is 2. The molecular formula is C24H28ClF3N6O2. The fourth-order valence-electron chi connectivity index (χ4n) is 4.76. The van der Waals surface area contributed by atoms with Gasteiger partial charge in [0, 0.05) is 54.7 Å². The smallest absolute Gasteiger partial charge is 0.379 e. The Morgan fingerprint density at radius 2 is 1.89 bits per heavy atom. The number of nitrogens with one attached hydrogen (secondary N) is 2. The highest BCUT2D eigenvalue weighted by Gasteiger charge is 2.37. The molecule has 1 saturated carbocycles. The summed E-state index contributed by atoms with van der Waals surface area (Å²) in [6, 6.07) is 3.89. The van der Waals surface area contributed by atoms with E-state index in [1.54, 1.807) is 0 Å². The number of hydrogen-bond acceptors (Lipinski definition) is 7. The summed E-state index contributed by atoms with van der Waals surface area (Å²) in [5, 5.41) is 6.00. The van der Waals surface area contributed by atoms with Gasteiger partial charge in [0.2, 0.25) is 11.7 Å². The van der Waals surface area contributed by atoms with Gasteiger partial charge in [0.25, 0.3) is 0 Å². The molecule has 3 atom stereocenters. The van der Waals surface area contributed by atoms with Crippen LogP contribution in [0, 0.1) is 0 Å². The van der Waals surface area contributed by atoms with Crippen molar-refractivity contribution in [3.8, 4) is 0 Å². The zero-order valence-electron chi connectivity index (χ0n) is 19.6. The second kappa shape index (κ2) is 10.5. The molecule has 8 nitrogen and oxygen atoms in total. The average Bonchev–Trinajstić information content (AvgIpc) is 3.68. The summed E-state index contributed by atoms with van der Waals surface area (Å²) in [5.41, 5.74) is 2.19. The van der Waals surface area contributed by atoms with E-state index in [-0.39, 0.29) is 17.8 Å². The van der Waals surface area contributed by atoms with Gasteiger partial charge in [-0.2, -0.15) is 13.2 Å². The monoisotopic (exact) mass is 524 g/mol. The minimum atomic E-state index is -4.62. The molecule has 0 bridgehead atoms. The number of rotatable bonds is 7. The molecule has 2 aliphatic carbocycles. The summed E-state index contributed by atoms with van der Waals surface area (Å²) in [6.45, 7) is 2.32. The molecule has 5 rings (SSSR count). The highest BCUT2D eigenvalue weighted by Crippen LogP contribution is 2.36. The van der Waals surface area contributed by atoms with E-state index in [2.05, 4.69) is 25.5 Å². The van der Waals surface area contributed by atoms with E-state index < -0.39 is 24.0 Å². The predicted molar refractivity (Wildman–Crippen MR) is 127 cm³/mol. The lowest BCUT2D eigenvalue weighted by atomic mass is 9.84. The quantitative estimate of drug-likeness (QED) is 0.537. The van der Waals surface area contributed by atoms with E-state index in [0.717, 1.165) is 29.9 Å². The van der Waals surface area contributed by atoms with Gasteiger partial charge in [-0.25, -0.2) is 15.0 Å². The van der Waals surface area contributed by atoms with E-state index in [9.17, 15) is 18.0 Å². The molecule has 194 valence electrons. The lowest BCUT2D eigenvalue weighted by Crippen LogP contribution is -2.45. The zero-order chi connectivity index (χ0) is 25.3. The van der Waals surface area contributed by atoms with Crippen LogP contribution < -0.4 is 10.6 Å². The average molecular weight is 525 g/mol. The fraction of sp³-hybridized carbons (Fsp3) is 0.583. The summed E-state index contributed by atoms with van der Waals surface area (Å²) < 4.78 is 44.3. The Bertz CT molecular complexity index is 1080. The van der Waals surface area contributed by atoms with E-state index in [1.165, 1.54) is 12.4 Å². The van der Waals surface area contributed by atoms with Crippen molar-refractivity contribution in [1.82, 2.24) is 25.2 Å². The Hall–Kier alpha value is -2.50. The molecule has 1 saturated heterocycles. The summed E-state index contributed by atoms with van der Waals surface area (Å²) in [4.78, 5) is 27.2. The van der Waals surface area contributed by atoms with Crippen LogP contribution in [0.15, 0.2) is 24.5 Å². The minimum absolute atomic E-state index is 0.178. The van der Waals surface area contributed by atoms with Gasteiger partial charge in [0.1, 0.15) is 5.82 Å². The molecule has 3 unspecified atom stereocenters. The van der Waals surface area contributed by atoms with Gasteiger partial charge in [-0.15, -0.1) is 11.6 Å². The number of ether oxygens (including phenoxy) is 1. The number of morpholine rings is 1. The molecule has 2 aromatic heterocycles. The molecule has 3 aliphatic rings. The Morgan fingerprint density at radius 3 is 2.56 bits per heavy atom. The van der Waals surface area contributed by atoms with Crippen molar-refractivity contribution in [3.63, 3.8) is 0 Å². The standard InChI is InChI=1S/C24H28ClF3N6O2/c25-17-4-5-18-16(3-6-20(33-18)32-15-1-2-15)21(17)22(35)29-13-19(34-7-9-36-10-8-34)14-11-30-23(31-12-14)24(26,27)28/h3,6,11-12,15,17,19,21H,1-2,4-5,7-10,13H2,(H,29,35)(H,32,33). The largest absolute Gasteiger partial charge is 0.451 e. The van der Waals surface area contributed by atoms with Crippen LogP contribution in [0.1, 0.15) is 53.9 Å². The third-order valence-electron chi connectivity index (χ3n) is 6.84.